The van der Waals surface area contributed by atoms with Crippen LogP contribution < -0.4 is 5.76 Å². The minimum atomic E-state index is -0.522. The molecule has 0 bridgehead atoms. The van der Waals surface area contributed by atoms with Crippen LogP contribution in [-0.2, 0) is 16.2 Å². The molecule has 1 aromatic carbocycles. The first-order chi connectivity index (χ1) is 13.8. The summed E-state index contributed by atoms with van der Waals surface area (Å²) in [4.78, 5) is 14.4. The Hall–Kier alpha value is -2.05. The fraction of sp³-hybridized carbons (Fsp3) is 0.545. The predicted octanol–water partition coefficient (Wildman–Crippen LogP) is 4.51. The number of ether oxygens (including phenoxy) is 1. The maximum atomic E-state index is 11.6. The molecule has 1 aliphatic heterocycles. The smallest absolute Gasteiger partial charge is 0.376 e. The lowest BCUT2D eigenvalue weighted by Crippen LogP contribution is -2.32. The second kappa shape index (κ2) is 6.47. The highest BCUT2D eigenvalue weighted by Gasteiger charge is 2.58. The summed E-state index contributed by atoms with van der Waals surface area (Å²) in [6.07, 6.45) is 2.95. The molecule has 0 unspecified atom stereocenters. The lowest BCUT2D eigenvalue weighted by molar-refractivity contribution is -0.0592. The van der Waals surface area contributed by atoms with Crippen LogP contribution in [0.4, 0.5) is 0 Å². The summed E-state index contributed by atoms with van der Waals surface area (Å²) in [6, 6.07) is 8.88. The van der Waals surface area contributed by atoms with Gasteiger partial charge >= 0.3 is 5.76 Å². The molecule has 0 radical (unpaired) electrons. The summed E-state index contributed by atoms with van der Waals surface area (Å²) in [5.74, 6) is 1.27. The molecule has 3 aromatic rings. The van der Waals surface area contributed by atoms with Crippen molar-refractivity contribution in [3.8, 4) is 0 Å². The number of nitrogens with zero attached hydrogens (tertiary/aromatic N) is 2. The molecule has 1 saturated heterocycles. The van der Waals surface area contributed by atoms with Crippen LogP contribution in [-0.4, -0.2) is 26.9 Å². The van der Waals surface area contributed by atoms with Gasteiger partial charge in [0.05, 0.1) is 11.5 Å². The lowest BCUT2D eigenvalue weighted by atomic mass is 9.83. The van der Waals surface area contributed by atoms with Gasteiger partial charge in [-0.3, -0.25) is 9.51 Å². The highest BCUT2D eigenvalue weighted by atomic mass is 35.5. The Labute approximate surface area is 174 Å². The van der Waals surface area contributed by atoms with Gasteiger partial charge in [-0.2, -0.15) is 0 Å². The maximum Gasteiger partial charge on any atom is 0.438 e. The Bertz CT molecular complexity index is 1130. The predicted molar refractivity (Wildman–Crippen MR) is 111 cm³/mol. The second-order valence-corrected chi connectivity index (χ2v) is 9.46. The van der Waals surface area contributed by atoms with Crippen LogP contribution in [0.15, 0.2) is 33.6 Å². The first kappa shape index (κ1) is 18.9. The van der Waals surface area contributed by atoms with E-state index in [0.717, 1.165) is 37.1 Å². The Morgan fingerprint density at radius 3 is 2.72 bits per heavy atom. The number of H-pyrrole nitrogens is 1. The first-order valence-corrected chi connectivity index (χ1v) is 10.8. The van der Waals surface area contributed by atoms with E-state index >= 15 is 0 Å². The summed E-state index contributed by atoms with van der Waals surface area (Å²) >= 11 is 6.35. The molecular weight excluding hydrogens is 390 g/mol. The third kappa shape index (κ3) is 2.96. The number of nitrogens with one attached hydrogen (secondary N) is 1. The van der Waals surface area contributed by atoms with E-state index in [1.165, 1.54) is 10.9 Å². The Morgan fingerprint density at radius 2 is 2.10 bits per heavy atom. The van der Waals surface area contributed by atoms with Crippen LogP contribution in [0.25, 0.3) is 10.9 Å². The van der Waals surface area contributed by atoms with Gasteiger partial charge in [0.15, 0.2) is 5.82 Å². The largest absolute Gasteiger partial charge is 0.438 e. The van der Waals surface area contributed by atoms with E-state index in [9.17, 15) is 4.79 Å². The SMILES string of the molecule is C[C@H]1C[C@]1(c1noc(=O)[nH]1)n1c(CCl)cc2cc([C@H]3CCOC(C)(C)C3)ccc21. The quantitative estimate of drug-likeness (QED) is 0.636. The number of fused-ring (bicyclic) bond motifs is 1. The van der Waals surface area contributed by atoms with E-state index in [1.54, 1.807) is 0 Å². The van der Waals surface area contributed by atoms with Crippen LogP contribution in [0, 0.1) is 5.92 Å². The highest BCUT2D eigenvalue weighted by molar-refractivity contribution is 6.17. The third-order valence-electron chi connectivity index (χ3n) is 6.73. The zero-order chi connectivity index (χ0) is 20.4. The number of hydrogen-bond acceptors (Lipinski definition) is 4. The van der Waals surface area contributed by atoms with Crippen molar-refractivity contribution in [2.45, 2.75) is 63.0 Å². The molecule has 2 aliphatic rings. The summed E-state index contributed by atoms with van der Waals surface area (Å²) in [6.45, 7) is 7.28. The number of aromatic amines is 1. The number of hydrogen-bond donors (Lipinski definition) is 1. The summed E-state index contributed by atoms with van der Waals surface area (Å²) in [5.41, 5.74) is 3.00. The normalized spacial score (nSPS) is 28.7. The van der Waals surface area contributed by atoms with Crippen molar-refractivity contribution in [3.05, 3.63) is 51.9 Å². The second-order valence-electron chi connectivity index (χ2n) is 9.19. The van der Waals surface area contributed by atoms with Crippen molar-refractivity contribution in [1.82, 2.24) is 14.7 Å². The van der Waals surface area contributed by atoms with Gasteiger partial charge in [-0.15, -0.1) is 11.6 Å². The van der Waals surface area contributed by atoms with Gasteiger partial charge in [-0.1, -0.05) is 18.1 Å². The van der Waals surface area contributed by atoms with Crippen LogP contribution >= 0.6 is 11.6 Å². The molecular formula is C22H26ClN3O3. The van der Waals surface area contributed by atoms with E-state index in [2.05, 4.69) is 59.7 Å². The van der Waals surface area contributed by atoms with E-state index in [1.807, 2.05) is 0 Å². The van der Waals surface area contributed by atoms with Crippen LogP contribution in [0.1, 0.15) is 63.0 Å². The number of rotatable bonds is 4. The Balaban J connectivity index is 1.61. The third-order valence-corrected chi connectivity index (χ3v) is 7.00. The number of halogens is 1. The van der Waals surface area contributed by atoms with Crippen molar-refractivity contribution in [2.75, 3.05) is 6.61 Å². The molecule has 5 rings (SSSR count). The molecule has 3 heterocycles. The van der Waals surface area contributed by atoms with Crippen molar-refractivity contribution < 1.29 is 9.26 Å². The maximum absolute atomic E-state index is 11.6. The lowest BCUT2D eigenvalue weighted by Gasteiger charge is -2.35. The molecule has 29 heavy (non-hydrogen) atoms. The molecule has 0 spiro atoms. The topological polar surface area (TPSA) is 73.0 Å². The minimum Gasteiger partial charge on any atom is -0.376 e. The average molecular weight is 416 g/mol. The molecule has 1 N–H and O–H groups in total. The molecule has 7 heteroatoms. The fourth-order valence-corrected chi connectivity index (χ4v) is 5.40. The standard InChI is InChI=1S/C22H26ClN3O3/c1-13-10-22(13,19-24-20(27)29-25-19)26-17(12-23)9-16-8-14(4-5-18(16)26)15-6-7-28-21(2,3)11-15/h4-5,8-9,13,15H,6-7,10-12H2,1-3H3,(H,24,25,27)/t13-,15-,22-/m0/s1. The molecule has 1 aliphatic carbocycles. The molecule has 154 valence electrons. The first-order valence-electron chi connectivity index (χ1n) is 10.3. The van der Waals surface area contributed by atoms with Gasteiger partial charge in [0, 0.05) is 23.2 Å². The molecule has 0 amide bonds. The number of aromatic nitrogens is 3. The van der Waals surface area contributed by atoms with E-state index in [4.69, 9.17) is 20.9 Å². The van der Waals surface area contributed by atoms with Gasteiger partial charge in [-0.05, 0) is 68.7 Å². The van der Waals surface area contributed by atoms with Gasteiger partial charge in [0.25, 0.3) is 0 Å². The van der Waals surface area contributed by atoms with Crippen molar-refractivity contribution >= 4 is 22.5 Å². The van der Waals surface area contributed by atoms with Gasteiger partial charge in [-0.25, -0.2) is 4.79 Å². The molecule has 1 saturated carbocycles. The van der Waals surface area contributed by atoms with Crippen molar-refractivity contribution in [1.29, 1.82) is 0 Å². The number of alkyl halides is 1. The molecule has 2 aromatic heterocycles. The van der Waals surface area contributed by atoms with E-state index in [-0.39, 0.29) is 5.60 Å². The zero-order valence-corrected chi connectivity index (χ0v) is 17.8. The molecule has 6 nitrogen and oxygen atoms in total. The number of benzene rings is 1. The fourth-order valence-electron chi connectivity index (χ4n) is 5.20. The monoisotopic (exact) mass is 415 g/mol. The van der Waals surface area contributed by atoms with Crippen LogP contribution in [0.5, 0.6) is 0 Å². The van der Waals surface area contributed by atoms with E-state index < -0.39 is 11.3 Å². The molecule has 3 atom stereocenters. The van der Waals surface area contributed by atoms with Crippen LogP contribution in [0.3, 0.4) is 0 Å². The highest BCUT2D eigenvalue weighted by Crippen LogP contribution is 2.56. The van der Waals surface area contributed by atoms with Gasteiger partial charge < -0.3 is 9.30 Å². The summed E-state index contributed by atoms with van der Waals surface area (Å²) < 4.78 is 13.0. The minimum absolute atomic E-state index is 0.0859. The van der Waals surface area contributed by atoms with Gasteiger partial charge in [0.2, 0.25) is 0 Å². The van der Waals surface area contributed by atoms with Crippen LogP contribution in [0.2, 0.25) is 0 Å². The van der Waals surface area contributed by atoms with Crippen molar-refractivity contribution in [3.63, 3.8) is 0 Å². The van der Waals surface area contributed by atoms with Crippen molar-refractivity contribution in [2.24, 2.45) is 5.92 Å². The zero-order valence-electron chi connectivity index (χ0n) is 17.0. The Kier molecular flexibility index (Phi) is 4.23. The Morgan fingerprint density at radius 1 is 1.31 bits per heavy atom. The van der Waals surface area contributed by atoms with E-state index in [0.29, 0.717) is 23.5 Å². The average Bonchev–Trinajstić information content (AvgIpc) is 3.03. The van der Waals surface area contributed by atoms with Gasteiger partial charge in [0.1, 0.15) is 5.54 Å². The summed E-state index contributed by atoms with van der Waals surface area (Å²) in [5, 5.41) is 5.20. The molecule has 2 fully saturated rings. The summed E-state index contributed by atoms with van der Waals surface area (Å²) in [7, 11) is 0.